The van der Waals surface area contributed by atoms with E-state index in [2.05, 4.69) is 33.8 Å². The van der Waals surface area contributed by atoms with E-state index in [0.717, 1.165) is 70.0 Å². The number of hydrogen-bond acceptors (Lipinski definition) is 6. The van der Waals surface area contributed by atoms with Crippen LogP contribution in [0.5, 0.6) is 17.2 Å². The number of aliphatic hydroxyl groups excluding tert-OH is 1. The van der Waals surface area contributed by atoms with E-state index >= 15 is 0 Å². The smallest absolute Gasteiger partial charge is 0.344 e. The highest BCUT2D eigenvalue weighted by Gasteiger charge is 2.36. The molecule has 7 rings (SSSR count). The predicted molar refractivity (Wildman–Crippen MR) is 193 cm³/mol. The maximum Gasteiger partial charge on any atom is 0.344 e. The Bertz CT molecular complexity index is 2030. The first kappa shape index (κ1) is 33.6. The molecule has 2 aliphatic heterocycles. The Morgan fingerprint density at radius 2 is 1.29 bits per heavy atom. The molecule has 0 bridgehead atoms. The summed E-state index contributed by atoms with van der Waals surface area (Å²) in [6.07, 6.45) is 8.90. The number of rotatable bonds is 9. The van der Waals surface area contributed by atoms with E-state index in [1.54, 1.807) is 0 Å². The largest absolute Gasteiger partial charge is 0.507 e. The Balaban J connectivity index is 0.000000167. The molecule has 0 aliphatic carbocycles. The molecule has 6 nitrogen and oxygen atoms in total. The summed E-state index contributed by atoms with van der Waals surface area (Å²) in [6, 6.07) is 19.6. The van der Waals surface area contributed by atoms with Crippen LogP contribution in [-0.2, 0) is 30.7 Å². The Morgan fingerprint density at radius 1 is 0.688 bits per heavy atom. The predicted octanol–water partition coefficient (Wildman–Crippen LogP) is 10.2. The van der Waals surface area contributed by atoms with E-state index in [4.69, 9.17) is 13.9 Å². The quantitative estimate of drug-likeness (QED) is 0.0939. The lowest BCUT2D eigenvalue weighted by atomic mass is 9.82. The fourth-order valence-electron chi connectivity index (χ4n) is 7.32. The molecule has 0 amide bonds. The summed E-state index contributed by atoms with van der Waals surface area (Å²) in [5.74, 6) is 1.77. The third-order valence-electron chi connectivity index (χ3n) is 9.74. The second-order valence-corrected chi connectivity index (χ2v) is 14.2. The van der Waals surface area contributed by atoms with Crippen molar-refractivity contribution < 1.29 is 24.1 Å². The number of fused-ring (bicyclic) bond motifs is 3. The van der Waals surface area contributed by atoms with Crippen molar-refractivity contribution in [2.24, 2.45) is 0 Å². The maximum absolute atomic E-state index is 12.5. The van der Waals surface area contributed by atoms with Crippen LogP contribution in [0, 0.1) is 0 Å². The molecular weight excluding hydrogens is 600 g/mol. The summed E-state index contributed by atoms with van der Waals surface area (Å²) in [5.41, 5.74) is 6.14. The van der Waals surface area contributed by atoms with E-state index in [0.29, 0.717) is 22.3 Å². The van der Waals surface area contributed by atoms with Crippen LogP contribution in [0.25, 0.3) is 32.9 Å². The van der Waals surface area contributed by atoms with Crippen molar-refractivity contribution in [1.82, 2.24) is 0 Å². The number of unbranched alkanes of at least 4 members (excludes halogenated alkanes) is 4. The molecule has 2 N–H and O–H groups in total. The van der Waals surface area contributed by atoms with Gasteiger partial charge in [-0.25, -0.2) is 4.79 Å². The third-order valence-corrected chi connectivity index (χ3v) is 9.74. The van der Waals surface area contributed by atoms with Crippen LogP contribution >= 0.6 is 0 Å². The third kappa shape index (κ3) is 6.19. The van der Waals surface area contributed by atoms with E-state index in [1.165, 1.54) is 31.2 Å². The molecule has 0 radical (unpaired) electrons. The number of aromatic hydroxyl groups is 1. The van der Waals surface area contributed by atoms with Gasteiger partial charge in [0.05, 0.1) is 22.9 Å². The molecule has 4 aromatic carbocycles. The normalized spacial score (nSPS) is 14.9. The first-order chi connectivity index (χ1) is 23.0. The standard InChI is InChI=1S/C21H22O3.C21H26O3/c1-4-5-6-8-13-11-16-19-17(12-13)24-21(2,3)15-10-7-9-14(18(15)19)20(22)23-16;1-4-5-6-8-14-11-17(23)20-18(12-14)24-21(2,3)16-10-7-9-15(13-22)19(16)20/h7,9-12H,4-6,8H2,1-3H3;7,9-12,22-23H,4-6,8,13H2,1-3H3. The van der Waals surface area contributed by atoms with Crippen LogP contribution < -0.4 is 15.1 Å². The Morgan fingerprint density at radius 3 is 1.98 bits per heavy atom. The fraction of sp³-hybridized carbons (Fsp3) is 0.405. The molecule has 0 spiro atoms. The Labute approximate surface area is 283 Å². The molecule has 0 atom stereocenters. The fourth-order valence-corrected chi connectivity index (χ4v) is 7.32. The van der Waals surface area contributed by atoms with E-state index in [-0.39, 0.29) is 18.0 Å². The minimum absolute atomic E-state index is 0.0591. The molecule has 0 unspecified atom stereocenters. The van der Waals surface area contributed by atoms with Crippen molar-refractivity contribution in [2.75, 3.05) is 0 Å². The minimum atomic E-state index is -0.498. The molecule has 252 valence electrons. The summed E-state index contributed by atoms with van der Waals surface area (Å²) < 4.78 is 18.2. The zero-order valence-electron chi connectivity index (χ0n) is 29.2. The molecule has 0 fully saturated rings. The van der Waals surface area contributed by atoms with Gasteiger partial charge in [-0.1, -0.05) is 69.9 Å². The molecule has 5 aromatic rings. The van der Waals surface area contributed by atoms with Crippen LogP contribution in [0.4, 0.5) is 0 Å². The lowest BCUT2D eigenvalue weighted by Crippen LogP contribution is -2.30. The Hall–Kier alpha value is -4.29. The topological polar surface area (TPSA) is 89.1 Å². The molecule has 1 aromatic heterocycles. The zero-order chi connectivity index (χ0) is 34.2. The van der Waals surface area contributed by atoms with Crippen LogP contribution in [-0.4, -0.2) is 10.2 Å². The van der Waals surface area contributed by atoms with Crippen LogP contribution in [0.2, 0.25) is 0 Å². The number of aryl methyl sites for hydroxylation is 2. The molecule has 2 aliphatic rings. The van der Waals surface area contributed by atoms with Crippen molar-refractivity contribution >= 4 is 21.7 Å². The molecule has 3 heterocycles. The van der Waals surface area contributed by atoms with Crippen molar-refractivity contribution in [3.05, 3.63) is 98.9 Å². The average molecular weight is 649 g/mol. The lowest BCUT2D eigenvalue weighted by Gasteiger charge is -2.36. The summed E-state index contributed by atoms with van der Waals surface area (Å²) in [6.45, 7) is 12.5. The van der Waals surface area contributed by atoms with Gasteiger partial charge in [-0.15, -0.1) is 0 Å². The molecule has 48 heavy (non-hydrogen) atoms. The van der Waals surface area contributed by atoms with Crippen LogP contribution in [0.1, 0.15) is 108 Å². The Kier molecular flexibility index (Phi) is 9.32. The number of phenols is 1. The highest BCUT2D eigenvalue weighted by atomic mass is 16.5. The van der Waals surface area contributed by atoms with Crippen molar-refractivity contribution in [3.63, 3.8) is 0 Å². The number of benzene rings is 4. The van der Waals surface area contributed by atoms with Gasteiger partial charge in [0.15, 0.2) is 0 Å². The van der Waals surface area contributed by atoms with Crippen molar-refractivity contribution in [1.29, 1.82) is 0 Å². The van der Waals surface area contributed by atoms with Gasteiger partial charge in [0, 0.05) is 22.1 Å². The van der Waals surface area contributed by atoms with Gasteiger partial charge in [0.1, 0.15) is 34.0 Å². The molecule has 6 heteroatoms. The molecular formula is C42H48O6. The lowest BCUT2D eigenvalue weighted by molar-refractivity contribution is 0.105. The molecule has 0 saturated heterocycles. The van der Waals surface area contributed by atoms with Gasteiger partial charge in [0.25, 0.3) is 0 Å². The second kappa shape index (κ2) is 13.3. The summed E-state index contributed by atoms with van der Waals surface area (Å²) in [5, 5.41) is 23.0. The summed E-state index contributed by atoms with van der Waals surface area (Å²) >= 11 is 0. The summed E-state index contributed by atoms with van der Waals surface area (Å²) in [4.78, 5) is 12.5. The molecule has 0 saturated carbocycles. The average Bonchev–Trinajstić information content (AvgIpc) is 3.04. The first-order valence-electron chi connectivity index (χ1n) is 17.5. The van der Waals surface area contributed by atoms with E-state index in [9.17, 15) is 15.0 Å². The number of phenolic OH excluding ortho intramolecular Hbond substituents is 1. The zero-order valence-corrected chi connectivity index (χ0v) is 29.2. The van der Waals surface area contributed by atoms with Crippen LogP contribution in [0.15, 0.2) is 69.9 Å². The van der Waals surface area contributed by atoms with E-state index < -0.39 is 11.2 Å². The van der Waals surface area contributed by atoms with Gasteiger partial charge in [-0.05, 0) is 100 Å². The number of ether oxygens (including phenoxy) is 2. The van der Waals surface area contributed by atoms with Crippen molar-refractivity contribution in [2.45, 2.75) is 111 Å². The van der Waals surface area contributed by atoms with E-state index in [1.807, 2.05) is 68.4 Å². The second-order valence-electron chi connectivity index (χ2n) is 14.2. The monoisotopic (exact) mass is 648 g/mol. The van der Waals surface area contributed by atoms with Gasteiger partial charge in [-0.3, -0.25) is 0 Å². The van der Waals surface area contributed by atoms with Gasteiger partial charge in [-0.2, -0.15) is 0 Å². The number of aliphatic hydroxyl groups is 1. The van der Waals surface area contributed by atoms with Crippen LogP contribution in [0.3, 0.4) is 0 Å². The van der Waals surface area contributed by atoms with Crippen molar-refractivity contribution in [3.8, 4) is 28.4 Å². The van der Waals surface area contributed by atoms with Gasteiger partial charge < -0.3 is 24.1 Å². The number of hydrogen-bond donors (Lipinski definition) is 2. The summed E-state index contributed by atoms with van der Waals surface area (Å²) in [7, 11) is 0. The maximum atomic E-state index is 12.5. The first-order valence-corrected chi connectivity index (χ1v) is 17.5. The van der Waals surface area contributed by atoms with Gasteiger partial charge >= 0.3 is 5.63 Å². The van der Waals surface area contributed by atoms with Gasteiger partial charge in [0.2, 0.25) is 0 Å². The highest BCUT2D eigenvalue weighted by Crippen LogP contribution is 2.51. The minimum Gasteiger partial charge on any atom is -0.507 e. The SMILES string of the molecule is CCCCCc1cc(O)c2c(c1)OC(C)(C)c1cccc(CO)c1-2.CCCCCc1cc2c3c(c1)oc(=O)c1cccc(c13)C(C)(C)O2. The highest BCUT2D eigenvalue weighted by molar-refractivity contribution is 6.10.